The van der Waals surface area contributed by atoms with Crippen LogP contribution in [0.25, 0.3) is 0 Å². The fraction of sp³-hybridized carbons (Fsp3) is 0.955. The van der Waals surface area contributed by atoms with Gasteiger partial charge in [-0.15, -0.1) is 0 Å². The molecule has 32 heavy (non-hydrogen) atoms. The number of aliphatic carboxylic acids is 1. The molecule has 1 atom stereocenters. The van der Waals surface area contributed by atoms with Gasteiger partial charge in [-0.1, -0.05) is 84.0 Å². The Morgan fingerprint density at radius 2 is 1.16 bits per heavy atom. The molecule has 0 saturated heterocycles. The fourth-order valence-corrected chi connectivity index (χ4v) is 3.06. The van der Waals surface area contributed by atoms with E-state index in [4.69, 9.17) is 33.8 Å². The van der Waals surface area contributed by atoms with Gasteiger partial charge >= 0.3 is 65.2 Å². The predicted molar refractivity (Wildman–Crippen MR) is 130 cm³/mol. The molecule has 0 aromatic rings. The SMILES string of the molecule is CCCCCCCCCCCCCCCC(OCC(=O)O)OC(C)(C)C.O=P(O)(O)O.[KH]. The molecule has 0 aliphatic carbocycles. The molecule has 4 N–H and O–H groups in total. The normalized spacial score (nSPS) is 12.5. The van der Waals surface area contributed by atoms with Crippen molar-refractivity contribution in [3.05, 3.63) is 0 Å². The van der Waals surface area contributed by atoms with Gasteiger partial charge in [0.15, 0.2) is 6.29 Å². The van der Waals surface area contributed by atoms with Gasteiger partial charge in [-0.2, -0.15) is 0 Å². The van der Waals surface area contributed by atoms with Crippen LogP contribution in [0.5, 0.6) is 0 Å². The van der Waals surface area contributed by atoms with Crippen molar-refractivity contribution in [2.24, 2.45) is 0 Å². The monoisotopic (exact) mass is 510 g/mol. The Hall–Kier alpha value is 1.14. The maximum absolute atomic E-state index is 10.7. The zero-order chi connectivity index (χ0) is 24.2. The molecule has 8 nitrogen and oxygen atoms in total. The van der Waals surface area contributed by atoms with Gasteiger partial charge in [0.25, 0.3) is 0 Å². The van der Waals surface area contributed by atoms with E-state index in [1.807, 2.05) is 20.8 Å². The molecule has 10 heteroatoms. The molecule has 0 heterocycles. The molecule has 0 spiro atoms. The number of unbranched alkanes of at least 4 members (excludes halogenated alkanes) is 12. The first-order valence-electron chi connectivity index (χ1n) is 11.6. The van der Waals surface area contributed by atoms with Crippen LogP contribution < -0.4 is 0 Å². The molecule has 0 rings (SSSR count). The molecule has 0 aliphatic heterocycles. The maximum atomic E-state index is 10.7. The molecule has 0 fully saturated rings. The van der Waals surface area contributed by atoms with Crippen molar-refractivity contribution in [1.29, 1.82) is 0 Å². The third-order valence-electron chi connectivity index (χ3n) is 4.42. The van der Waals surface area contributed by atoms with E-state index < -0.39 is 20.1 Å². The average molecular weight is 511 g/mol. The van der Waals surface area contributed by atoms with Gasteiger partial charge in [0, 0.05) is 0 Å². The average Bonchev–Trinajstić information content (AvgIpc) is 2.60. The number of hydrogen-bond donors (Lipinski definition) is 4. The number of phosphoric acid groups is 1. The third kappa shape index (κ3) is 41.4. The van der Waals surface area contributed by atoms with Crippen LogP contribution in [0.3, 0.4) is 0 Å². The minimum absolute atomic E-state index is 0. The van der Waals surface area contributed by atoms with Crippen molar-refractivity contribution in [2.45, 2.75) is 129 Å². The van der Waals surface area contributed by atoms with E-state index in [9.17, 15) is 4.79 Å². The van der Waals surface area contributed by atoms with E-state index >= 15 is 0 Å². The molecule has 190 valence electrons. The first-order valence-corrected chi connectivity index (χ1v) is 13.2. The zero-order valence-corrected chi connectivity index (χ0v) is 20.9. The predicted octanol–water partition coefficient (Wildman–Crippen LogP) is 5.13. The standard InChI is InChI=1S/C22H44O4.K.H3O4P.H/c1-5-6-7-8-9-10-11-12-13-14-15-16-17-18-21(25-19-20(23)24)26-22(2,3)4;;1-5(2,3)4;/h21H,5-19H2,1-4H3,(H,23,24);;(H3,1,2,3,4);. The van der Waals surface area contributed by atoms with Crippen LogP contribution in [-0.2, 0) is 18.8 Å². The van der Waals surface area contributed by atoms with Crippen molar-refractivity contribution < 1.29 is 38.6 Å². The van der Waals surface area contributed by atoms with Gasteiger partial charge < -0.3 is 29.3 Å². The van der Waals surface area contributed by atoms with Crippen molar-refractivity contribution in [1.82, 2.24) is 0 Å². The number of carbonyl (C=O) groups is 1. The Bertz CT molecular complexity index is 457. The summed E-state index contributed by atoms with van der Waals surface area (Å²) < 4.78 is 20.1. The van der Waals surface area contributed by atoms with Gasteiger partial charge in [-0.3, -0.25) is 0 Å². The molecule has 0 saturated carbocycles. The number of ether oxygens (including phenoxy) is 2. The van der Waals surface area contributed by atoms with Crippen LogP contribution in [0.2, 0.25) is 0 Å². The molecular weight excluding hydrogens is 462 g/mol. The van der Waals surface area contributed by atoms with Gasteiger partial charge in [-0.05, 0) is 33.6 Å². The van der Waals surface area contributed by atoms with E-state index in [0.717, 1.165) is 19.3 Å². The van der Waals surface area contributed by atoms with Crippen molar-refractivity contribution in [3.63, 3.8) is 0 Å². The Morgan fingerprint density at radius 1 is 0.812 bits per heavy atom. The van der Waals surface area contributed by atoms with E-state index in [1.165, 1.54) is 70.6 Å². The van der Waals surface area contributed by atoms with E-state index in [1.54, 1.807) is 0 Å². The van der Waals surface area contributed by atoms with Gasteiger partial charge in [-0.25, -0.2) is 9.36 Å². The Balaban J connectivity index is -0.00000125. The molecule has 0 aromatic heterocycles. The zero-order valence-electron chi connectivity index (χ0n) is 20.1. The van der Waals surface area contributed by atoms with Crippen molar-refractivity contribution >= 4 is 65.2 Å². The van der Waals surface area contributed by atoms with Crippen LogP contribution in [0.1, 0.15) is 118 Å². The fourth-order valence-electron chi connectivity index (χ4n) is 3.06. The van der Waals surface area contributed by atoms with Crippen LogP contribution in [-0.4, -0.2) is 95.6 Å². The quantitative estimate of drug-likeness (QED) is 0.0863. The van der Waals surface area contributed by atoms with Gasteiger partial charge in [0.1, 0.15) is 6.61 Å². The van der Waals surface area contributed by atoms with E-state index in [0.29, 0.717) is 0 Å². The van der Waals surface area contributed by atoms with E-state index in [2.05, 4.69) is 6.92 Å². The van der Waals surface area contributed by atoms with Crippen LogP contribution in [0, 0.1) is 0 Å². The summed E-state index contributed by atoms with van der Waals surface area (Å²) in [7, 11) is -4.64. The summed E-state index contributed by atoms with van der Waals surface area (Å²) in [5.41, 5.74) is -0.320. The molecule has 0 aromatic carbocycles. The molecule has 0 bridgehead atoms. The van der Waals surface area contributed by atoms with Gasteiger partial charge in [0.05, 0.1) is 5.60 Å². The second-order valence-electron chi connectivity index (χ2n) is 8.91. The third-order valence-corrected chi connectivity index (χ3v) is 4.42. The Kier molecular flexibility index (Phi) is 28.1. The number of carboxylic acid groups (broad SMARTS) is 1. The molecule has 0 radical (unpaired) electrons. The van der Waals surface area contributed by atoms with Crippen molar-refractivity contribution in [2.75, 3.05) is 6.61 Å². The summed E-state index contributed by atoms with van der Waals surface area (Å²) >= 11 is 0. The Labute approximate surface area is 237 Å². The first-order chi connectivity index (χ1) is 14.3. The summed E-state index contributed by atoms with van der Waals surface area (Å²) in [5, 5.41) is 8.76. The van der Waals surface area contributed by atoms with Crippen LogP contribution in [0.15, 0.2) is 0 Å². The second-order valence-corrected chi connectivity index (χ2v) is 9.94. The summed E-state index contributed by atoms with van der Waals surface area (Å²) in [6.07, 6.45) is 17.5. The summed E-state index contributed by atoms with van der Waals surface area (Å²) in [5.74, 6) is -0.946. The summed E-state index contributed by atoms with van der Waals surface area (Å²) in [6.45, 7) is 7.87. The topological polar surface area (TPSA) is 134 Å². The number of rotatable bonds is 18. The molecule has 1 unspecified atom stereocenters. The van der Waals surface area contributed by atoms with Crippen molar-refractivity contribution in [3.8, 4) is 0 Å². The first kappa shape index (κ1) is 37.7. The molecule has 0 amide bonds. The number of hydrogen-bond acceptors (Lipinski definition) is 4. The Morgan fingerprint density at radius 3 is 1.47 bits per heavy atom. The summed E-state index contributed by atoms with van der Waals surface area (Å²) in [6, 6.07) is 0. The molecular formula is C22H48KO8P. The van der Waals surface area contributed by atoms with Gasteiger partial charge in [0.2, 0.25) is 0 Å². The van der Waals surface area contributed by atoms with E-state index in [-0.39, 0.29) is 63.6 Å². The minimum atomic E-state index is -4.64. The van der Waals surface area contributed by atoms with Crippen LogP contribution in [0.4, 0.5) is 0 Å². The number of carboxylic acids is 1. The summed E-state index contributed by atoms with van der Waals surface area (Å²) in [4.78, 5) is 32.2. The second kappa shape index (κ2) is 23.9. The van der Waals surface area contributed by atoms with Crippen LogP contribution >= 0.6 is 7.82 Å². The molecule has 0 aliphatic rings.